The molecule has 4 heteroatoms. The van der Waals surface area contributed by atoms with Gasteiger partial charge in [0.05, 0.1) is 18.2 Å². The molecule has 0 fully saturated rings. The van der Waals surface area contributed by atoms with Crippen molar-refractivity contribution in [3.05, 3.63) is 35.2 Å². The summed E-state index contributed by atoms with van der Waals surface area (Å²) in [5.74, 6) is -0.329. The SMILES string of the molecule is CCCC(C#N)=C(Cl)c1ccc(OC)c(F)c1. The van der Waals surface area contributed by atoms with Gasteiger partial charge in [-0.05, 0) is 30.2 Å². The molecule has 0 spiro atoms. The number of ether oxygens (including phenoxy) is 1. The van der Waals surface area contributed by atoms with E-state index in [1.54, 1.807) is 6.07 Å². The standard InChI is InChI=1S/C13H13ClFNO/c1-3-4-10(8-16)13(14)9-5-6-12(17-2)11(15)7-9/h5-7H,3-4H2,1-2H3. The maximum Gasteiger partial charge on any atom is 0.165 e. The zero-order valence-corrected chi connectivity index (χ0v) is 10.5. The van der Waals surface area contributed by atoms with E-state index >= 15 is 0 Å². The monoisotopic (exact) mass is 253 g/mol. The average Bonchev–Trinajstić information content (AvgIpc) is 2.35. The Labute approximate surface area is 105 Å². The predicted molar refractivity (Wildman–Crippen MR) is 66.2 cm³/mol. The first-order valence-electron chi connectivity index (χ1n) is 5.26. The highest BCUT2D eigenvalue weighted by molar-refractivity contribution is 6.49. The van der Waals surface area contributed by atoms with Gasteiger partial charge in [0.25, 0.3) is 0 Å². The Kier molecular flexibility index (Phi) is 4.99. The van der Waals surface area contributed by atoms with Gasteiger partial charge in [-0.25, -0.2) is 4.39 Å². The van der Waals surface area contributed by atoms with Crippen LogP contribution in [0, 0.1) is 17.1 Å². The lowest BCUT2D eigenvalue weighted by Gasteiger charge is -2.06. The van der Waals surface area contributed by atoms with E-state index in [4.69, 9.17) is 21.6 Å². The summed E-state index contributed by atoms with van der Waals surface area (Å²) in [6.07, 6.45) is 1.40. The first-order chi connectivity index (χ1) is 8.13. The van der Waals surface area contributed by atoms with E-state index in [9.17, 15) is 4.39 Å². The van der Waals surface area contributed by atoms with Crippen molar-refractivity contribution in [3.63, 3.8) is 0 Å². The van der Waals surface area contributed by atoms with Crippen molar-refractivity contribution in [1.29, 1.82) is 5.26 Å². The molecule has 2 nitrogen and oxygen atoms in total. The van der Waals surface area contributed by atoms with Crippen molar-refractivity contribution in [2.75, 3.05) is 7.11 Å². The number of methoxy groups -OCH3 is 1. The zero-order chi connectivity index (χ0) is 12.8. The molecule has 1 rings (SSSR count). The number of halogens is 2. The van der Waals surface area contributed by atoms with Crippen molar-refractivity contribution in [2.24, 2.45) is 0 Å². The Balaban J connectivity index is 3.16. The summed E-state index contributed by atoms with van der Waals surface area (Å²) < 4.78 is 18.3. The number of rotatable bonds is 4. The third-order valence-electron chi connectivity index (χ3n) is 2.31. The highest BCUT2D eigenvalue weighted by Crippen LogP contribution is 2.28. The van der Waals surface area contributed by atoms with Crippen LogP contribution in [0.3, 0.4) is 0 Å². The van der Waals surface area contributed by atoms with Gasteiger partial charge in [0, 0.05) is 5.57 Å². The summed E-state index contributed by atoms with van der Waals surface area (Å²) in [7, 11) is 1.40. The fourth-order valence-electron chi connectivity index (χ4n) is 1.44. The number of nitrogens with zero attached hydrogens (tertiary/aromatic N) is 1. The number of benzene rings is 1. The maximum absolute atomic E-state index is 13.5. The van der Waals surface area contributed by atoms with E-state index in [1.165, 1.54) is 19.2 Å². The van der Waals surface area contributed by atoms with Crippen LogP contribution >= 0.6 is 11.6 Å². The van der Waals surface area contributed by atoms with Gasteiger partial charge in [0.1, 0.15) is 0 Å². The van der Waals surface area contributed by atoms with E-state index < -0.39 is 5.82 Å². The summed E-state index contributed by atoms with van der Waals surface area (Å²) in [6, 6.07) is 6.45. The molecule has 0 aromatic heterocycles. The van der Waals surface area contributed by atoms with Crippen molar-refractivity contribution >= 4 is 16.6 Å². The molecule has 0 radical (unpaired) electrons. The lowest BCUT2D eigenvalue weighted by atomic mass is 10.1. The normalized spacial score (nSPS) is 11.7. The lowest BCUT2D eigenvalue weighted by Crippen LogP contribution is -1.91. The third-order valence-corrected chi connectivity index (χ3v) is 2.75. The molecule has 0 aliphatic heterocycles. The smallest absolute Gasteiger partial charge is 0.165 e. The molecule has 0 bridgehead atoms. The van der Waals surface area contributed by atoms with Crippen LogP contribution in [0.15, 0.2) is 23.8 Å². The summed E-state index contributed by atoms with van der Waals surface area (Å²) in [6.45, 7) is 1.95. The second kappa shape index (κ2) is 6.27. The second-order valence-electron chi connectivity index (χ2n) is 3.50. The average molecular weight is 254 g/mol. The Morgan fingerprint density at radius 2 is 2.24 bits per heavy atom. The molecule has 0 heterocycles. The molecule has 0 aliphatic rings. The van der Waals surface area contributed by atoms with Crippen LogP contribution in [0.25, 0.3) is 5.03 Å². The molecule has 0 unspecified atom stereocenters. The number of allylic oxidation sites excluding steroid dienone is 1. The zero-order valence-electron chi connectivity index (χ0n) is 9.76. The van der Waals surface area contributed by atoms with Gasteiger partial charge in [-0.2, -0.15) is 5.26 Å². The molecule has 17 heavy (non-hydrogen) atoms. The minimum atomic E-state index is -0.489. The highest BCUT2D eigenvalue weighted by Gasteiger charge is 2.09. The predicted octanol–water partition coefficient (Wildman–Crippen LogP) is 4.11. The topological polar surface area (TPSA) is 33.0 Å². The van der Waals surface area contributed by atoms with Crippen molar-refractivity contribution in [2.45, 2.75) is 19.8 Å². The lowest BCUT2D eigenvalue weighted by molar-refractivity contribution is 0.386. The van der Waals surface area contributed by atoms with Crippen LogP contribution in [0.5, 0.6) is 5.75 Å². The van der Waals surface area contributed by atoms with E-state index in [0.29, 0.717) is 22.6 Å². The Morgan fingerprint density at radius 3 is 2.71 bits per heavy atom. The third kappa shape index (κ3) is 3.21. The van der Waals surface area contributed by atoms with Crippen LogP contribution < -0.4 is 4.74 Å². The molecule has 0 amide bonds. The van der Waals surface area contributed by atoms with Gasteiger partial charge in [0.15, 0.2) is 11.6 Å². The largest absolute Gasteiger partial charge is 0.494 e. The number of nitriles is 1. The minimum Gasteiger partial charge on any atom is -0.494 e. The molecular weight excluding hydrogens is 241 g/mol. The van der Waals surface area contributed by atoms with Gasteiger partial charge in [0.2, 0.25) is 0 Å². The Bertz CT molecular complexity index is 477. The molecule has 1 aromatic rings. The van der Waals surface area contributed by atoms with E-state index in [-0.39, 0.29) is 5.75 Å². The van der Waals surface area contributed by atoms with E-state index in [0.717, 1.165) is 6.42 Å². The molecule has 90 valence electrons. The van der Waals surface area contributed by atoms with Crippen LogP contribution in [0.2, 0.25) is 0 Å². The van der Waals surface area contributed by atoms with Crippen LogP contribution in [-0.2, 0) is 0 Å². The number of hydrogen-bond acceptors (Lipinski definition) is 2. The van der Waals surface area contributed by atoms with Crippen molar-refractivity contribution in [1.82, 2.24) is 0 Å². The highest BCUT2D eigenvalue weighted by atomic mass is 35.5. The first kappa shape index (κ1) is 13.5. The Morgan fingerprint density at radius 1 is 1.53 bits per heavy atom. The fraction of sp³-hybridized carbons (Fsp3) is 0.308. The number of hydrogen-bond donors (Lipinski definition) is 0. The van der Waals surface area contributed by atoms with Crippen LogP contribution in [0.1, 0.15) is 25.3 Å². The van der Waals surface area contributed by atoms with Crippen molar-refractivity contribution in [3.8, 4) is 11.8 Å². The molecule has 0 saturated heterocycles. The molecule has 0 N–H and O–H groups in total. The van der Waals surface area contributed by atoms with Gasteiger partial charge in [-0.3, -0.25) is 0 Å². The van der Waals surface area contributed by atoms with Gasteiger partial charge in [-0.1, -0.05) is 24.9 Å². The Hall–Kier alpha value is -1.53. The minimum absolute atomic E-state index is 0.159. The van der Waals surface area contributed by atoms with Gasteiger partial charge < -0.3 is 4.74 Å². The maximum atomic E-state index is 13.5. The summed E-state index contributed by atoms with van der Waals surface area (Å²) in [4.78, 5) is 0. The van der Waals surface area contributed by atoms with Gasteiger partial charge in [-0.15, -0.1) is 0 Å². The summed E-state index contributed by atoms with van der Waals surface area (Å²) >= 11 is 6.07. The molecular formula is C13H13ClFNO. The summed E-state index contributed by atoms with van der Waals surface area (Å²) in [5, 5.41) is 9.25. The molecule has 0 atom stereocenters. The van der Waals surface area contributed by atoms with Crippen molar-refractivity contribution < 1.29 is 9.13 Å². The van der Waals surface area contributed by atoms with Crippen LogP contribution in [-0.4, -0.2) is 7.11 Å². The first-order valence-corrected chi connectivity index (χ1v) is 5.64. The molecule has 1 aromatic carbocycles. The molecule has 0 saturated carbocycles. The quantitative estimate of drug-likeness (QED) is 0.757. The second-order valence-corrected chi connectivity index (χ2v) is 3.88. The summed E-state index contributed by atoms with van der Waals surface area (Å²) in [5.41, 5.74) is 0.966. The van der Waals surface area contributed by atoms with Crippen LogP contribution in [0.4, 0.5) is 4.39 Å². The fourth-order valence-corrected chi connectivity index (χ4v) is 1.70. The molecule has 0 aliphatic carbocycles. The van der Waals surface area contributed by atoms with Gasteiger partial charge >= 0.3 is 0 Å². The van der Waals surface area contributed by atoms with E-state index in [2.05, 4.69) is 0 Å². The van der Waals surface area contributed by atoms with E-state index in [1.807, 2.05) is 13.0 Å².